The Morgan fingerprint density at radius 3 is 2.94 bits per heavy atom. The molecule has 0 spiro atoms. The Hall–Kier alpha value is -1.34. The number of hydrogen-bond acceptors (Lipinski definition) is 4. The van der Waals surface area contributed by atoms with Crippen LogP contribution in [-0.2, 0) is 9.63 Å². The van der Waals surface area contributed by atoms with Gasteiger partial charge >= 0.3 is 6.03 Å². The summed E-state index contributed by atoms with van der Waals surface area (Å²) in [7, 11) is 1.48. The van der Waals surface area contributed by atoms with Crippen molar-refractivity contribution in [3.05, 3.63) is 0 Å². The van der Waals surface area contributed by atoms with Gasteiger partial charge in [-0.15, -0.1) is 0 Å². The summed E-state index contributed by atoms with van der Waals surface area (Å²) in [6.07, 6.45) is 1.47. The Morgan fingerprint density at radius 2 is 2.29 bits per heavy atom. The number of rotatable bonds is 4. The second-order valence-corrected chi connectivity index (χ2v) is 4.21. The normalized spacial score (nSPS) is 27.5. The highest BCUT2D eigenvalue weighted by Crippen LogP contribution is 2.29. The summed E-state index contributed by atoms with van der Waals surface area (Å²) in [6.45, 7) is 3.11. The minimum Gasteiger partial charge on any atom is -0.309 e. The van der Waals surface area contributed by atoms with Crippen LogP contribution < -0.4 is 10.9 Å². The fourth-order valence-electron chi connectivity index (χ4n) is 2.40. The van der Waals surface area contributed by atoms with Crippen LogP contribution in [0.5, 0.6) is 0 Å². The van der Waals surface area contributed by atoms with Crippen LogP contribution in [0, 0.1) is 0 Å². The van der Waals surface area contributed by atoms with Gasteiger partial charge in [0.15, 0.2) is 0 Å². The molecule has 0 radical (unpaired) electrons. The molecular formula is C10H18N4O3. The molecule has 2 N–H and O–H groups in total. The predicted octanol–water partition coefficient (Wildman–Crippen LogP) is -0.543. The molecule has 96 valence electrons. The van der Waals surface area contributed by atoms with Gasteiger partial charge in [0, 0.05) is 13.1 Å². The maximum absolute atomic E-state index is 11.9. The van der Waals surface area contributed by atoms with E-state index in [9.17, 15) is 9.59 Å². The summed E-state index contributed by atoms with van der Waals surface area (Å²) in [5, 5.41) is 1.36. The molecule has 2 atom stereocenters. The van der Waals surface area contributed by atoms with Crippen molar-refractivity contribution in [1.29, 1.82) is 0 Å². The molecule has 2 aliphatic heterocycles. The zero-order chi connectivity index (χ0) is 12.4. The largest absolute Gasteiger partial charge is 0.345 e. The van der Waals surface area contributed by atoms with Gasteiger partial charge in [-0.3, -0.25) is 15.1 Å². The van der Waals surface area contributed by atoms with Crippen molar-refractivity contribution in [3.8, 4) is 0 Å². The van der Waals surface area contributed by atoms with Crippen molar-refractivity contribution in [3.63, 3.8) is 0 Å². The molecule has 0 saturated carbocycles. The first-order chi connectivity index (χ1) is 8.19. The van der Waals surface area contributed by atoms with Crippen molar-refractivity contribution < 1.29 is 14.4 Å². The molecule has 0 unspecified atom stereocenters. The lowest BCUT2D eigenvalue weighted by Gasteiger charge is -2.29. The molecule has 2 rings (SSSR count). The number of hydrogen-bond donors (Lipinski definition) is 2. The standard InChI is InChI=1S/C10H18N4O3/c1-3-11-12-9(15)8-5-4-7-6-13(8)10(16)14(7)17-2/h7-8,11H,3-6H2,1-2H3,(H,12,15)/t7-,8+/m1/s1. The zero-order valence-electron chi connectivity index (χ0n) is 10.1. The summed E-state index contributed by atoms with van der Waals surface area (Å²) >= 11 is 0. The summed E-state index contributed by atoms with van der Waals surface area (Å²) in [5.74, 6) is -0.156. The number of fused-ring (bicyclic) bond motifs is 2. The van der Waals surface area contributed by atoms with E-state index in [1.54, 1.807) is 4.90 Å². The number of amides is 3. The molecule has 7 nitrogen and oxygen atoms in total. The SMILES string of the molecule is CCNNC(=O)[C@@H]1CC[C@@H]2CN1C(=O)N2OC. The van der Waals surface area contributed by atoms with E-state index in [1.165, 1.54) is 12.2 Å². The zero-order valence-corrected chi connectivity index (χ0v) is 10.1. The first-order valence-electron chi connectivity index (χ1n) is 5.85. The van der Waals surface area contributed by atoms with Gasteiger partial charge in [0.2, 0.25) is 0 Å². The highest BCUT2D eigenvalue weighted by Gasteiger charge is 2.47. The number of piperidine rings is 1. The van der Waals surface area contributed by atoms with Gasteiger partial charge in [-0.25, -0.2) is 10.2 Å². The van der Waals surface area contributed by atoms with Gasteiger partial charge < -0.3 is 4.90 Å². The van der Waals surface area contributed by atoms with Crippen molar-refractivity contribution >= 4 is 11.9 Å². The molecule has 7 heteroatoms. The highest BCUT2D eigenvalue weighted by molar-refractivity contribution is 5.88. The molecule has 3 amide bonds. The monoisotopic (exact) mass is 242 g/mol. The van der Waals surface area contributed by atoms with E-state index < -0.39 is 6.04 Å². The van der Waals surface area contributed by atoms with Gasteiger partial charge in [0.25, 0.3) is 5.91 Å². The molecule has 0 aromatic heterocycles. The third kappa shape index (κ3) is 2.07. The van der Waals surface area contributed by atoms with Gasteiger partial charge in [-0.05, 0) is 12.8 Å². The van der Waals surface area contributed by atoms with Crippen LogP contribution in [0.25, 0.3) is 0 Å². The lowest BCUT2D eigenvalue weighted by molar-refractivity contribution is -0.127. The highest BCUT2D eigenvalue weighted by atomic mass is 16.7. The Labute approximate surface area is 100.0 Å². The second-order valence-electron chi connectivity index (χ2n) is 4.21. The number of hydroxylamine groups is 2. The van der Waals surface area contributed by atoms with E-state index in [1.807, 2.05) is 6.92 Å². The van der Waals surface area contributed by atoms with Crippen molar-refractivity contribution in [2.45, 2.75) is 31.8 Å². The lowest BCUT2D eigenvalue weighted by Crippen LogP contribution is -2.53. The molecular weight excluding hydrogens is 224 g/mol. The van der Waals surface area contributed by atoms with Gasteiger partial charge in [0.05, 0.1) is 13.2 Å². The fourth-order valence-corrected chi connectivity index (χ4v) is 2.40. The molecule has 2 fully saturated rings. The average molecular weight is 242 g/mol. The van der Waals surface area contributed by atoms with Crippen molar-refractivity contribution in [1.82, 2.24) is 20.8 Å². The molecule has 0 aromatic carbocycles. The summed E-state index contributed by atoms with van der Waals surface area (Å²) in [6, 6.07) is -0.528. The first kappa shape index (κ1) is 12.1. The molecule has 2 bridgehead atoms. The Morgan fingerprint density at radius 1 is 1.53 bits per heavy atom. The first-order valence-corrected chi connectivity index (χ1v) is 5.85. The van der Waals surface area contributed by atoms with Crippen molar-refractivity contribution in [2.24, 2.45) is 0 Å². The van der Waals surface area contributed by atoms with Crippen LogP contribution >= 0.6 is 0 Å². The number of nitrogens with one attached hydrogen (secondary N) is 2. The smallest absolute Gasteiger partial charge is 0.309 e. The van der Waals surface area contributed by atoms with E-state index >= 15 is 0 Å². The molecule has 2 heterocycles. The number of carbonyl (C=O) groups excluding carboxylic acids is 2. The van der Waals surface area contributed by atoms with E-state index in [0.29, 0.717) is 19.5 Å². The topological polar surface area (TPSA) is 73.9 Å². The van der Waals surface area contributed by atoms with Gasteiger partial charge in [-0.1, -0.05) is 6.92 Å². The maximum atomic E-state index is 11.9. The van der Waals surface area contributed by atoms with E-state index in [-0.39, 0.29) is 18.0 Å². The van der Waals surface area contributed by atoms with Crippen LogP contribution in [0.2, 0.25) is 0 Å². The fraction of sp³-hybridized carbons (Fsp3) is 0.800. The predicted molar refractivity (Wildman–Crippen MR) is 59.6 cm³/mol. The summed E-state index contributed by atoms with van der Waals surface area (Å²) < 4.78 is 0. The van der Waals surface area contributed by atoms with Gasteiger partial charge in [-0.2, -0.15) is 5.06 Å². The number of urea groups is 1. The minimum atomic E-state index is -0.391. The minimum absolute atomic E-state index is 0.0793. The molecule has 0 aliphatic carbocycles. The van der Waals surface area contributed by atoms with Crippen LogP contribution in [0.4, 0.5) is 4.79 Å². The summed E-state index contributed by atoms with van der Waals surface area (Å²) in [4.78, 5) is 30.4. The van der Waals surface area contributed by atoms with Crippen LogP contribution in [0.1, 0.15) is 19.8 Å². The molecule has 0 aromatic rings. The average Bonchev–Trinajstić information content (AvgIpc) is 2.59. The summed E-state index contributed by atoms with van der Waals surface area (Å²) in [5.41, 5.74) is 5.36. The Balaban J connectivity index is 2.03. The lowest BCUT2D eigenvalue weighted by atomic mass is 10.0. The van der Waals surface area contributed by atoms with Crippen LogP contribution in [0.15, 0.2) is 0 Å². The third-order valence-electron chi connectivity index (χ3n) is 3.21. The van der Waals surface area contributed by atoms with E-state index in [0.717, 1.165) is 6.42 Å². The number of hydrazine groups is 1. The molecule has 17 heavy (non-hydrogen) atoms. The van der Waals surface area contributed by atoms with Crippen LogP contribution in [0.3, 0.4) is 0 Å². The van der Waals surface area contributed by atoms with Crippen LogP contribution in [-0.4, -0.2) is 54.2 Å². The number of carbonyl (C=O) groups is 2. The molecule has 2 saturated heterocycles. The quantitative estimate of drug-likeness (QED) is 0.649. The van der Waals surface area contributed by atoms with Crippen molar-refractivity contribution in [2.75, 3.05) is 20.2 Å². The Kier molecular flexibility index (Phi) is 3.49. The maximum Gasteiger partial charge on any atom is 0.345 e. The van der Waals surface area contributed by atoms with E-state index in [2.05, 4.69) is 10.9 Å². The van der Waals surface area contributed by atoms with E-state index in [4.69, 9.17) is 4.84 Å². The van der Waals surface area contributed by atoms with Gasteiger partial charge in [0.1, 0.15) is 6.04 Å². The third-order valence-corrected chi connectivity index (χ3v) is 3.21. The molecule has 2 aliphatic rings. The Bertz CT molecular complexity index is 323. The number of nitrogens with zero attached hydrogens (tertiary/aromatic N) is 2. The second kappa shape index (κ2) is 4.89.